The first-order valence-electron chi connectivity index (χ1n) is 10.5. The van der Waals surface area contributed by atoms with Crippen molar-refractivity contribution in [3.05, 3.63) is 89.9 Å². The van der Waals surface area contributed by atoms with Crippen molar-refractivity contribution in [1.82, 2.24) is 14.6 Å². The summed E-state index contributed by atoms with van der Waals surface area (Å²) in [5.41, 5.74) is 0.627. The van der Waals surface area contributed by atoms with Crippen LogP contribution < -0.4 is 0 Å². The number of carbonyl (C=O) groups is 1. The molecule has 0 bridgehead atoms. The van der Waals surface area contributed by atoms with Crippen molar-refractivity contribution < 1.29 is 23.1 Å². The molecule has 0 spiro atoms. The van der Waals surface area contributed by atoms with Crippen molar-refractivity contribution in [2.24, 2.45) is 0 Å². The van der Waals surface area contributed by atoms with Gasteiger partial charge in [0, 0.05) is 11.8 Å². The van der Waals surface area contributed by atoms with Gasteiger partial charge in [-0.15, -0.1) is 0 Å². The molecule has 4 rings (SSSR count). The molecule has 0 saturated heterocycles. The van der Waals surface area contributed by atoms with Crippen molar-refractivity contribution in [3.63, 3.8) is 0 Å². The van der Waals surface area contributed by atoms with E-state index in [0.717, 1.165) is 17.7 Å². The van der Waals surface area contributed by atoms with E-state index in [-0.39, 0.29) is 6.42 Å². The molecule has 5 nitrogen and oxygen atoms in total. The van der Waals surface area contributed by atoms with E-state index >= 15 is 0 Å². The lowest BCUT2D eigenvalue weighted by Crippen LogP contribution is -2.37. The lowest BCUT2D eigenvalue weighted by molar-refractivity contribution is -0.143. The van der Waals surface area contributed by atoms with Gasteiger partial charge in [-0.2, -0.15) is 18.3 Å². The SMILES string of the molecule is CC.CC(Cc1ccccc1)(C(=O)O)c1ccnc2c(-c3ccc(C(F)(F)F)cc3)cnn12. The number of aromatic nitrogens is 3. The Morgan fingerprint density at radius 2 is 1.64 bits per heavy atom. The molecule has 2 aromatic heterocycles. The van der Waals surface area contributed by atoms with E-state index in [1.54, 1.807) is 13.0 Å². The molecule has 8 heteroatoms. The zero-order chi connectivity index (χ0) is 24.2. The van der Waals surface area contributed by atoms with Gasteiger partial charge in [0.1, 0.15) is 5.41 Å². The maximum atomic E-state index is 12.9. The summed E-state index contributed by atoms with van der Waals surface area (Å²) in [7, 11) is 0. The maximum Gasteiger partial charge on any atom is 0.416 e. The van der Waals surface area contributed by atoms with E-state index in [0.29, 0.717) is 22.5 Å². The van der Waals surface area contributed by atoms with Crippen LogP contribution in [-0.2, 0) is 22.8 Å². The van der Waals surface area contributed by atoms with Crippen LogP contribution in [0.15, 0.2) is 73.1 Å². The smallest absolute Gasteiger partial charge is 0.416 e. The average molecular weight is 455 g/mol. The fourth-order valence-corrected chi connectivity index (χ4v) is 3.63. The topological polar surface area (TPSA) is 67.5 Å². The van der Waals surface area contributed by atoms with Crippen LogP contribution in [-0.4, -0.2) is 25.7 Å². The van der Waals surface area contributed by atoms with Gasteiger partial charge in [0.2, 0.25) is 0 Å². The summed E-state index contributed by atoms with van der Waals surface area (Å²) in [5, 5.41) is 14.4. The average Bonchev–Trinajstić information content (AvgIpc) is 3.24. The molecule has 0 aliphatic heterocycles. The Balaban J connectivity index is 0.00000149. The highest BCUT2D eigenvalue weighted by molar-refractivity contribution is 5.82. The van der Waals surface area contributed by atoms with E-state index in [9.17, 15) is 23.1 Å². The number of hydrogen-bond acceptors (Lipinski definition) is 3. The number of fused-ring (bicyclic) bond motifs is 1. The third kappa shape index (κ3) is 4.74. The number of nitrogens with zero attached hydrogens (tertiary/aromatic N) is 3. The van der Waals surface area contributed by atoms with Gasteiger partial charge >= 0.3 is 12.1 Å². The standard InChI is InChI=1S/C23H18F3N3O2.C2H6/c1-22(21(30)31,13-15-5-3-2-4-6-15)19-11-12-27-20-18(14-28-29(19)20)16-7-9-17(10-8-16)23(24,25)26;1-2/h2-12,14H,13H2,1H3,(H,30,31);1-2H3. The van der Waals surface area contributed by atoms with Gasteiger partial charge in [0.25, 0.3) is 0 Å². The Labute approximate surface area is 189 Å². The van der Waals surface area contributed by atoms with E-state index in [1.807, 2.05) is 44.2 Å². The van der Waals surface area contributed by atoms with Gasteiger partial charge in [-0.25, -0.2) is 9.50 Å². The van der Waals surface area contributed by atoms with Gasteiger partial charge in [-0.1, -0.05) is 56.3 Å². The number of alkyl halides is 3. The minimum absolute atomic E-state index is 0.234. The quantitative estimate of drug-likeness (QED) is 0.399. The molecule has 172 valence electrons. The number of aliphatic carboxylic acids is 1. The first-order valence-corrected chi connectivity index (χ1v) is 10.5. The van der Waals surface area contributed by atoms with Gasteiger partial charge in [0.05, 0.1) is 17.5 Å². The molecule has 0 radical (unpaired) electrons. The summed E-state index contributed by atoms with van der Waals surface area (Å²) in [6.45, 7) is 5.62. The van der Waals surface area contributed by atoms with Crippen molar-refractivity contribution >= 4 is 11.6 Å². The molecule has 2 heterocycles. The molecule has 1 unspecified atom stereocenters. The van der Waals surface area contributed by atoms with Crippen LogP contribution in [0.1, 0.15) is 37.6 Å². The molecule has 33 heavy (non-hydrogen) atoms. The van der Waals surface area contributed by atoms with E-state index in [1.165, 1.54) is 29.0 Å². The number of hydrogen-bond donors (Lipinski definition) is 1. The van der Waals surface area contributed by atoms with Crippen molar-refractivity contribution in [3.8, 4) is 11.1 Å². The molecule has 0 saturated carbocycles. The Kier molecular flexibility index (Phi) is 6.86. The van der Waals surface area contributed by atoms with Gasteiger partial charge in [-0.3, -0.25) is 4.79 Å². The minimum Gasteiger partial charge on any atom is -0.481 e. The summed E-state index contributed by atoms with van der Waals surface area (Å²) in [6.07, 6.45) is -1.21. The minimum atomic E-state index is -4.42. The fraction of sp³-hybridized carbons (Fsp3) is 0.240. The highest BCUT2D eigenvalue weighted by atomic mass is 19.4. The van der Waals surface area contributed by atoms with Crippen LogP contribution in [0.25, 0.3) is 16.8 Å². The molecule has 4 aromatic rings. The highest BCUT2D eigenvalue weighted by Gasteiger charge is 2.38. The lowest BCUT2D eigenvalue weighted by Gasteiger charge is -2.25. The predicted octanol–water partition coefficient (Wildman–Crippen LogP) is 6.03. The number of carboxylic acids is 1. The monoisotopic (exact) mass is 455 g/mol. The normalized spacial score (nSPS) is 13.2. The van der Waals surface area contributed by atoms with Crippen LogP contribution >= 0.6 is 0 Å². The fourth-order valence-electron chi connectivity index (χ4n) is 3.63. The molecule has 0 amide bonds. The van der Waals surface area contributed by atoms with E-state index in [2.05, 4.69) is 10.1 Å². The molecular formula is C25H24F3N3O2. The summed E-state index contributed by atoms with van der Waals surface area (Å²) in [4.78, 5) is 16.6. The maximum absolute atomic E-state index is 12.9. The second kappa shape index (κ2) is 9.44. The Hall–Kier alpha value is -3.68. The van der Waals surface area contributed by atoms with E-state index < -0.39 is 23.1 Å². The first-order chi connectivity index (χ1) is 15.7. The van der Waals surface area contributed by atoms with Crippen LogP contribution in [0, 0.1) is 0 Å². The Bertz CT molecular complexity index is 1240. The van der Waals surface area contributed by atoms with Crippen LogP contribution in [0.4, 0.5) is 13.2 Å². The van der Waals surface area contributed by atoms with Crippen LogP contribution in [0.2, 0.25) is 0 Å². The van der Waals surface area contributed by atoms with Gasteiger partial charge in [0.15, 0.2) is 5.65 Å². The number of halogens is 3. The lowest BCUT2D eigenvalue weighted by atomic mass is 9.80. The first kappa shape index (κ1) is 24.0. The second-order valence-electron chi connectivity index (χ2n) is 7.50. The van der Waals surface area contributed by atoms with Crippen LogP contribution in [0.3, 0.4) is 0 Å². The van der Waals surface area contributed by atoms with Gasteiger partial charge in [-0.05, 0) is 42.7 Å². The summed E-state index contributed by atoms with van der Waals surface area (Å²) in [5.74, 6) is -1.02. The molecule has 0 aliphatic carbocycles. The van der Waals surface area contributed by atoms with Crippen molar-refractivity contribution in [1.29, 1.82) is 0 Å². The van der Waals surface area contributed by atoms with E-state index in [4.69, 9.17) is 0 Å². The molecule has 0 fully saturated rings. The molecule has 0 aliphatic rings. The summed E-state index contributed by atoms with van der Waals surface area (Å²) in [6, 6.07) is 15.6. The number of benzene rings is 2. The zero-order valence-electron chi connectivity index (χ0n) is 18.5. The third-order valence-electron chi connectivity index (χ3n) is 5.36. The van der Waals surface area contributed by atoms with Crippen molar-refractivity contribution in [2.45, 2.75) is 38.8 Å². The highest BCUT2D eigenvalue weighted by Crippen LogP contribution is 2.34. The number of carboxylic acid groups (broad SMARTS) is 1. The van der Waals surface area contributed by atoms with Gasteiger partial charge < -0.3 is 5.11 Å². The van der Waals surface area contributed by atoms with Crippen LogP contribution in [0.5, 0.6) is 0 Å². The molecule has 1 N–H and O–H groups in total. The Morgan fingerprint density at radius 1 is 1.00 bits per heavy atom. The molecular weight excluding hydrogens is 431 g/mol. The Morgan fingerprint density at radius 3 is 2.21 bits per heavy atom. The molecule has 1 atom stereocenters. The third-order valence-corrected chi connectivity index (χ3v) is 5.36. The molecule has 2 aromatic carbocycles. The zero-order valence-corrected chi connectivity index (χ0v) is 18.5. The summed E-state index contributed by atoms with van der Waals surface area (Å²) < 4.78 is 40.1. The predicted molar refractivity (Wildman–Crippen MR) is 120 cm³/mol. The summed E-state index contributed by atoms with van der Waals surface area (Å²) >= 11 is 0. The second-order valence-corrected chi connectivity index (χ2v) is 7.50. The largest absolute Gasteiger partial charge is 0.481 e. The number of rotatable bonds is 5. The van der Waals surface area contributed by atoms with Crippen molar-refractivity contribution in [2.75, 3.05) is 0 Å².